The summed E-state index contributed by atoms with van der Waals surface area (Å²) in [6, 6.07) is 18.8. The van der Waals surface area contributed by atoms with Crippen LogP contribution in [0, 0.1) is 6.92 Å². The summed E-state index contributed by atoms with van der Waals surface area (Å²) in [6.07, 6.45) is 0.959. The predicted octanol–water partition coefficient (Wildman–Crippen LogP) is 5.55. The standard InChI is InChI=1S/C24H23ClN2O2S/c1-15-13-20(26-23(28)14-17-8-10-18(25)11-9-17)19-5-3-4-6-21(19)27(15)24(29)22-12-7-16(2)30-22/h3-12,15,20H,13-14H2,1-2H3,(H,26,28). The summed E-state index contributed by atoms with van der Waals surface area (Å²) < 4.78 is 0. The first-order chi connectivity index (χ1) is 14.4. The van der Waals surface area contributed by atoms with Gasteiger partial charge in [0.1, 0.15) is 0 Å². The molecular formula is C24H23ClN2O2S. The van der Waals surface area contributed by atoms with Crippen molar-refractivity contribution >= 4 is 40.4 Å². The Bertz CT molecular complexity index is 1080. The van der Waals surface area contributed by atoms with Gasteiger partial charge in [-0.25, -0.2) is 0 Å². The van der Waals surface area contributed by atoms with Crippen LogP contribution in [0.3, 0.4) is 0 Å². The van der Waals surface area contributed by atoms with Gasteiger partial charge >= 0.3 is 0 Å². The number of thiophene rings is 1. The third-order valence-corrected chi connectivity index (χ3v) is 6.61. The summed E-state index contributed by atoms with van der Waals surface area (Å²) >= 11 is 7.44. The smallest absolute Gasteiger partial charge is 0.268 e. The van der Waals surface area contributed by atoms with Gasteiger partial charge in [0.2, 0.25) is 5.91 Å². The largest absolute Gasteiger partial charge is 0.349 e. The lowest BCUT2D eigenvalue weighted by atomic mass is 9.91. The lowest BCUT2D eigenvalue weighted by Crippen LogP contribution is -2.46. The normalized spacial score (nSPS) is 18.0. The number of anilines is 1. The maximum Gasteiger partial charge on any atom is 0.268 e. The Kier molecular flexibility index (Phi) is 5.93. The molecule has 1 aliphatic heterocycles. The van der Waals surface area contributed by atoms with Crippen LogP contribution in [0.25, 0.3) is 0 Å². The molecule has 1 aromatic heterocycles. The van der Waals surface area contributed by atoms with Gasteiger partial charge in [0.25, 0.3) is 5.91 Å². The van der Waals surface area contributed by atoms with Crippen LogP contribution in [0.4, 0.5) is 5.69 Å². The third-order valence-electron chi connectivity index (χ3n) is 5.37. The number of benzene rings is 2. The van der Waals surface area contributed by atoms with E-state index in [1.165, 1.54) is 11.3 Å². The van der Waals surface area contributed by atoms with E-state index in [1.807, 2.05) is 67.3 Å². The highest BCUT2D eigenvalue weighted by molar-refractivity contribution is 7.14. The number of rotatable bonds is 4. The van der Waals surface area contributed by atoms with Crippen LogP contribution in [-0.4, -0.2) is 17.9 Å². The quantitative estimate of drug-likeness (QED) is 0.580. The third kappa shape index (κ3) is 4.27. The molecule has 4 nitrogen and oxygen atoms in total. The van der Waals surface area contributed by atoms with E-state index in [9.17, 15) is 9.59 Å². The molecule has 1 N–H and O–H groups in total. The van der Waals surface area contributed by atoms with E-state index in [2.05, 4.69) is 5.32 Å². The van der Waals surface area contributed by atoms with Gasteiger partial charge in [-0.15, -0.1) is 11.3 Å². The van der Waals surface area contributed by atoms with Crippen molar-refractivity contribution < 1.29 is 9.59 Å². The van der Waals surface area contributed by atoms with Crippen LogP contribution in [0.5, 0.6) is 0 Å². The minimum absolute atomic E-state index is 0.0130. The number of fused-ring (bicyclic) bond motifs is 1. The van der Waals surface area contributed by atoms with Crippen molar-refractivity contribution in [2.45, 2.75) is 38.8 Å². The van der Waals surface area contributed by atoms with Crippen molar-refractivity contribution in [3.63, 3.8) is 0 Å². The molecule has 6 heteroatoms. The molecule has 1 aliphatic rings. The Morgan fingerprint density at radius 1 is 1.10 bits per heavy atom. The molecule has 0 bridgehead atoms. The Morgan fingerprint density at radius 3 is 2.53 bits per heavy atom. The second-order valence-corrected chi connectivity index (χ2v) is 9.38. The van der Waals surface area contributed by atoms with Gasteiger partial charge in [0.15, 0.2) is 0 Å². The van der Waals surface area contributed by atoms with Crippen LogP contribution in [0.1, 0.15) is 45.1 Å². The van der Waals surface area contributed by atoms with Crippen molar-refractivity contribution in [2.24, 2.45) is 0 Å². The first-order valence-corrected chi connectivity index (χ1v) is 11.1. The second-order valence-electron chi connectivity index (χ2n) is 7.65. The zero-order chi connectivity index (χ0) is 21.3. The SMILES string of the molecule is Cc1ccc(C(=O)N2c3ccccc3C(NC(=O)Cc3ccc(Cl)cc3)CC2C)s1. The molecule has 0 saturated heterocycles. The highest BCUT2D eigenvalue weighted by Crippen LogP contribution is 2.38. The summed E-state index contributed by atoms with van der Waals surface area (Å²) in [5, 5.41) is 3.82. The molecule has 0 radical (unpaired) electrons. The summed E-state index contributed by atoms with van der Waals surface area (Å²) in [5.74, 6) is -0.0306. The summed E-state index contributed by atoms with van der Waals surface area (Å²) in [7, 11) is 0. The number of nitrogens with one attached hydrogen (secondary N) is 1. The maximum absolute atomic E-state index is 13.2. The molecule has 0 aliphatic carbocycles. The molecule has 4 rings (SSSR count). The van der Waals surface area contributed by atoms with Crippen molar-refractivity contribution in [3.8, 4) is 0 Å². The fourth-order valence-electron chi connectivity index (χ4n) is 3.96. The molecule has 0 saturated carbocycles. The minimum atomic E-state index is -0.134. The molecule has 154 valence electrons. The highest BCUT2D eigenvalue weighted by Gasteiger charge is 2.35. The number of amides is 2. The van der Waals surface area contributed by atoms with Crippen LogP contribution in [-0.2, 0) is 11.2 Å². The highest BCUT2D eigenvalue weighted by atomic mass is 35.5. The van der Waals surface area contributed by atoms with Gasteiger partial charge < -0.3 is 10.2 Å². The van der Waals surface area contributed by atoms with Crippen LogP contribution >= 0.6 is 22.9 Å². The van der Waals surface area contributed by atoms with E-state index in [-0.39, 0.29) is 23.9 Å². The lowest BCUT2D eigenvalue weighted by Gasteiger charge is -2.39. The van der Waals surface area contributed by atoms with Crippen molar-refractivity contribution in [1.29, 1.82) is 0 Å². The van der Waals surface area contributed by atoms with Gasteiger partial charge in [-0.05, 0) is 61.7 Å². The first-order valence-electron chi connectivity index (χ1n) is 9.95. The molecule has 2 aromatic carbocycles. The summed E-state index contributed by atoms with van der Waals surface area (Å²) in [4.78, 5) is 29.6. The average molecular weight is 439 g/mol. The van der Waals surface area contributed by atoms with E-state index in [4.69, 9.17) is 11.6 Å². The molecule has 0 fully saturated rings. The number of carbonyl (C=O) groups excluding carboxylic acids is 2. The van der Waals surface area contributed by atoms with Gasteiger partial charge in [0, 0.05) is 21.6 Å². The van der Waals surface area contributed by atoms with Gasteiger partial charge in [-0.2, -0.15) is 0 Å². The van der Waals surface area contributed by atoms with E-state index >= 15 is 0 Å². The number of carbonyl (C=O) groups is 2. The van der Waals surface area contributed by atoms with Gasteiger partial charge in [-0.1, -0.05) is 41.9 Å². The van der Waals surface area contributed by atoms with Crippen molar-refractivity contribution in [1.82, 2.24) is 5.32 Å². The van der Waals surface area contributed by atoms with E-state index in [0.717, 1.165) is 26.6 Å². The Morgan fingerprint density at radius 2 is 1.83 bits per heavy atom. The number of nitrogens with zero attached hydrogens (tertiary/aromatic N) is 1. The first kappa shape index (κ1) is 20.6. The predicted molar refractivity (Wildman–Crippen MR) is 122 cm³/mol. The monoisotopic (exact) mass is 438 g/mol. The van der Waals surface area contributed by atoms with Gasteiger partial charge in [0.05, 0.1) is 17.3 Å². The van der Waals surface area contributed by atoms with E-state index in [0.29, 0.717) is 17.9 Å². The zero-order valence-electron chi connectivity index (χ0n) is 16.9. The molecule has 2 heterocycles. The molecule has 30 heavy (non-hydrogen) atoms. The van der Waals surface area contributed by atoms with Crippen molar-refractivity contribution in [2.75, 3.05) is 4.90 Å². The second kappa shape index (κ2) is 8.62. The number of hydrogen-bond donors (Lipinski definition) is 1. The molecule has 3 aromatic rings. The van der Waals surface area contributed by atoms with Gasteiger partial charge in [-0.3, -0.25) is 9.59 Å². The number of hydrogen-bond acceptors (Lipinski definition) is 3. The average Bonchev–Trinajstić information content (AvgIpc) is 3.16. The molecule has 0 spiro atoms. The maximum atomic E-state index is 13.2. The summed E-state index contributed by atoms with van der Waals surface area (Å²) in [6.45, 7) is 4.04. The molecular weight excluding hydrogens is 416 g/mol. The molecule has 2 amide bonds. The zero-order valence-corrected chi connectivity index (χ0v) is 18.5. The van der Waals surface area contributed by atoms with Crippen LogP contribution in [0.15, 0.2) is 60.7 Å². The number of aryl methyl sites for hydroxylation is 1. The Balaban J connectivity index is 1.56. The topological polar surface area (TPSA) is 49.4 Å². The Hall–Kier alpha value is -2.63. The lowest BCUT2D eigenvalue weighted by molar-refractivity contribution is -0.121. The van der Waals surface area contributed by atoms with Crippen LogP contribution in [0.2, 0.25) is 5.02 Å². The number of halogens is 1. The van der Waals surface area contributed by atoms with E-state index in [1.54, 1.807) is 12.1 Å². The molecule has 2 unspecified atom stereocenters. The van der Waals surface area contributed by atoms with Crippen molar-refractivity contribution in [3.05, 3.63) is 86.6 Å². The van der Waals surface area contributed by atoms with Crippen LogP contribution < -0.4 is 10.2 Å². The van der Waals surface area contributed by atoms with E-state index < -0.39 is 0 Å². The molecule has 2 atom stereocenters. The fourth-order valence-corrected chi connectivity index (χ4v) is 4.89. The summed E-state index contributed by atoms with van der Waals surface area (Å²) in [5.41, 5.74) is 2.75. The Labute approximate surface area is 185 Å². The fraction of sp³-hybridized carbons (Fsp3) is 0.250. The number of para-hydroxylation sites is 1. The minimum Gasteiger partial charge on any atom is -0.349 e.